The van der Waals surface area contributed by atoms with Crippen LogP contribution in [0, 0.1) is 5.92 Å². The highest BCUT2D eigenvalue weighted by molar-refractivity contribution is 8.13. The van der Waals surface area contributed by atoms with E-state index in [4.69, 9.17) is 5.73 Å². The number of anilines is 1. The number of benzene rings is 4. The lowest BCUT2D eigenvalue weighted by molar-refractivity contribution is -0.147. The van der Waals surface area contributed by atoms with Gasteiger partial charge in [-0.05, 0) is 35.2 Å². The van der Waals surface area contributed by atoms with E-state index < -0.39 is 35.3 Å². The highest BCUT2D eigenvalue weighted by Gasteiger charge is 2.42. The minimum absolute atomic E-state index is 0.104. The number of hydrogen-bond acceptors (Lipinski definition) is 6. The second-order valence-electron chi connectivity index (χ2n) is 10.4. The van der Waals surface area contributed by atoms with Gasteiger partial charge in [0.05, 0.1) is 11.8 Å². The van der Waals surface area contributed by atoms with Crippen LogP contribution in [0.15, 0.2) is 121 Å². The number of carboxylic acids is 1. The first-order valence-electron chi connectivity index (χ1n) is 14.2. The predicted molar refractivity (Wildman–Crippen MR) is 173 cm³/mol. The molecule has 4 aromatic carbocycles. The molecule has 1 unspecified atom stereocenters. The third kappa shape index (κ3) is 8.81. The molecule has 0 bridgehead atoms. The molecular weight excluding hydrogens is 574 g/mol. The molecular formula is C35H35N3O5S. The Morgan fingerprint density at radius 1 is 0.750 bits per heavy atom. The molecule has 0 saturated carbocycles. The first-order valence-corrected chi connectivity index (χ1v) is 15.2. The number of primary amides is 1. The van der Waals surface area contributed by atoms with Crippen molar-refractivity contribution in [3.8, 4) is 0 Å². The zero-order chi connectivity index (χ0) is 31.4. The number of amides is 2. The number of thioether (sulfide) groups is 1. The lowest BCUT2D eigenvalue weighted by atomic mass is 9.92. The molecule has 5 N–H and O–H groups in total. The van der Waals surface area contributed by atoms with Crippen LogP contribution in [-0.4, -0.2) is 39.4 Å². The third-order valence-electron chi connectivity index (χ3n) is 7.20. The van der Waals surface area contributed by atoms with Gasteiger partial charge in [-0.1, -0.05) is 121 Å². The molecule has 0 spiro atoms. The number of carbonyl (C=O) groups excluding carboxylic acids is 3. The van der Waals surface area contributed by atoms with E-state index in [-0.39, 0.29) is 30.1 Å². The average molecular weight is 610 g/mol. The van der Waals surface area contributed by atoms with Gasteiger partial charge in [0.2, 0.25) is 22.6 Å². The zero-order valence-electron chi connectivity index (χ0n) is 24.1. The molecule has 226 valence electrons. The second-order valence-corrected chi connectivity index (χ2v) is 11.5. The molecule has 0 aliphatic carbocycles. The van der Waals surface area contributed by atoms with Crippen molar-refractivity contribution >= 4 is 40.3 Å². The number of nitrogens with two attached hydrogens (primary N) is 1. The summed E-state index contributed by atoms with van der Waals surface area (Å²) in [5, 5.41) is 15.8. The van der Waals surface area contributed by atoms with Gasteiger partial charge in [0.15, 0.2) is 0 Å². The SMILES string of the molecule is NC(=O)CC[C@@](NC(=O)C(CSC(=O)C(c1ccccc1)c1ccccc1)Cc1ccccc1)(Nc1ccccc1)C(=O)O. The number of nitrogens with one attached hydrogen (secondary N) is 2. The van der Waals surface area contributed by atoms with Gasteiger partial charge in [0.25, 0.3) is 0 Å². The largest absolute Gasteiger partial charge is 0.478 e. The Labute approximate surface area is 261 Å². The number of aliphatic carboxylic acids is 1. The second kappa shape index (κ2) is 15.5. The Balaban J connectivity index is 1.62. The fourth-order valence-electron chi connectivity index (χ4n) is 4.91. The van der Waals surface area contributed by atoms with Crippen molar-refractivity contribution in [2.75, 3.05) is 11.1 Å². The molecule has 8 nitrogen and oxygen atoms in total. The molecule has 44 heavy (non-hydrogen) atoms. The fourth-order valence-corrected chi connectivity index (χ4v) is 5.98. The van der Waals surface area contributed by atoms with Crippen molar-refractivity contribution in [2.45, 2.75) is 30.8 Å². The van der Waals surface area contributed by atoms with Gasteiger partial charge >= 0.3 is 5.97 Å². The molecule has 0 aliphatic heterocycles. The summed E-state index contributed by atoms with van der Waals surface area (Å²) < 4.78 is 0. The number of rotatable bonds is 15. The Morgan fingerprint density at radius 3 is 1.75 bits per heavy atom. The molecule has 0 heterocycles. The van der Waals surface area contributed by atoms with Gasteiger partial charge < -0.3 is 21.5 Å². The monoisotopic (exact) mass is 609 g/mol. The minimum Gasteiger partial charge on any atom is -0.478 e. The van der Waals surface area contributed by atoms with Crippen LogP contribution in [0.4, 0.5) is 5.69 Å². The highest BCUT2D eigenvalue weighted by Crippen LogP contribution is 2.31. The maximum Gasteiger partial charge on any atom is 0.350 e. The maximum atomic E-state index is 14.0. The Hall–Kier alpha value is -4.89. The van der Waals surface area contributed by atoms with E-state index in [1.807, 2.05) is 91.0 Å². The molecule has 2 amide bonds. The molecule has 0 fully saturated rings. The average Bonchev–Trinajstić information content (AvgIpc) is 3.04. The molecule has 4 aromatic rings. The van der Waals surface area contributed by atoms with E-state index in [0.717, 1.165) is 28.5 Å². The standard InChI is InChI=1S/C35H35N3O5S/c36-30(39)21-22-35(34(42)43,37-29-19-11-4-12-20-29)38-32(40)28(23-25-13-5-1-6-14-25)24-44-33(41)31(26-15-7-2-8-16-26)27-17-9-3-10-18-27/h1-20,28,31,37H,21-24H2,(H2,36,39)(H,38,40)(H,42,43)/t28?,35-/m0/s1. The van der Waals surface area contributed by atoms with Crippen molar-refractivity contribution < 1.29 is 24.3 Å². The summed E-state index contributed by atoms with van der Waals surface area (Å²) in [6, 6.07) is 36.8. The number of hydrogen-bond donors (Lipinski definition) is 4. The van der Waals surface area contributed by atoms with Crippen LogP contribution >= 0.6 is 11.8 Å². The summed E-state index contributed by atoms with van der Waals surface area (Å²) >= 11 is 1.04. The summed E-state index contributed by atoms with van der Waals surface area (Å²) in [5.74, 6) is -3.85. The Morgan fingerprint density at radius 2 is 1.25 bits per heavy atom. The van der Waals surface area contributed by atoms with E-state index in [1.54, 1.807) is 30.3 Å². The van der Waals surface area contributed by atoms with Crippen molar-refractivity contribution in [2.24, 2.45) is 11.7 Å². The summed E-state index contributed by atoms with van der Waals surface area (Å²) in [6.07, 6.45) is -0.295. The van der Waals surface area contributed by atoms with Gasteiger partial charge in [-0.2, -0.15) is 0 Å². The van der Waals surface area contributed by atoms with Gasteiger partial charge in [0.1, 0.15) is 0 Å². The van der Waals surface area contributed by atoms with Crippen LogP contribution in [-0.2, 0) is 25.6 Å². The molecule has 9 heteroatoms. The molecule has 0 aromatic heterocycles. The van der Waals surface area contributed by atoms with Gasteiger partial charge in [0, 0.05) is 24.3 Å². The van der Waals surface area contributed by atoms with E-state index in [9.17, 15) is 24.3 Å². The predicted octanol–water partition coefficient (Wildman–Crippen LogP) is 5.21. The van der Waals surface area contributed by atoms with Crippen LogP contribution in [0.5, 0.6) is 0 Å². The van der Waals surface area contributed by atoms with Crippen LogP contribution < -0.4 is 16.4 Å². The number of carboxylic acid groups (broad SMARTS) is 1. The summed E-state index contributed by atoms with van der Waals surface area (Å²) in [4.78, 5) is 52.2. The van der Waals surface area contributed by atoms with Crippen LogP contribution in [0.1, 0.15) is 35.4 Å². The molecule has 4 rings (SSSR count). The lowest BCUT2D eigenvalue weighted by Gasteiger charge is -2.34. The number of para-hydroxylation sites is 1. The molecule has 0 saturated heterocycles. The molecule has 0 aliphatic rings. The third-order valence-corrected chi connectivity index (χ3v) is 8.29. The van der Waals surface area contributed by atoms with Gasteiger partial charge in [-0.15, -0.1) is 0 Å². The van der Waals surface area contributed by atoms with Crippen molar-refractivity contribution in [3.05, 3.63) is 138 Å². The quantitative estimate of drug-likeness (QED) is 0.136. The van der Waals surface area contributed by atoms with Crippen molar-refractivity contribution in [1.29, 1.82) is 0 Å². The summed E-state index contributed by atoms with van der Waals surface area (Å²) in [7, 11) is 0. The normalized spacial score (nSPS) is 12.9. The van der Waals surface area contributed by atoms with Gasteiger partial charge in [-0.25, -0.2) is 4.79 Å². The van der Waals surface area contributed by atoms with Gasteiger partial charge in [-0.3, -0.25) is 14.4 Å². The minimum atomic E-state index is -2.02. The smallest absolute Gasteiger partial charge is 0.350 e. The van der Waals surface area contributed by atoms with Crippen LogP contribution in [0.25, 0.3) is 0 Å². The Bertz CT molecular complexity index is 1500. The Kier molecular flexibility index (Phi) is 11.3. The first kappa shape index (κ1) is 32.0. The molecule has 2 atom stereocenters. The summed E-state index contributed by atoms with van der Waals surface area (Å²) in [5.41, 5.74) is 6.33. The highest BCUT2D eigenvalue weighted by atomic mass is 32.2. The van der Waals surface area contributed by atoms with E-state index in [2.05, 4.69) is 10.6 Å². The zero-order valence-corrected chi connectivity index (χ0v) is 24.9. The van der Waals surface area contributed by atoms with Crippen molar-refractivity contribution in [3.63, 3.8) is 0 Å². The van der Waals surface area contributed by atoms with E-state index in [1.165, 1.54) is 0 Å². The number of carbonyl (C=O) groups is 4. The van der Waals surface area contributed by atoms with Crippen LogP contribution in [0.3, 0.4) is 0 Å². The first-order chi connectivity index (χ1) is 21.3. The maximum absolute atomic E-state index is 14.0. The van der Waals surface area contributed by atoms with Crippen molar-refractivity contribution in [1.82, 2.24) is 5.32 Å². The lowest BCUT2D eigenvalue weighted by Crippen LogP contribution is -2.61. The van der Waals surface area contributed by atoms with E-state index >= 15 is 0 Å². The van der Waals surface area contributed by atoms with Crippen LogP contribution in [0.2, 0.25) is 0 Å². The summed E-state index contributed by atoms with van der Waals surface area (Å²) in [6.45, 7) is 0. The fraction of sp³-hybridized carbons (Fsp3) is 0.200. The topological polar surface area (TPSA) is 139 Å². The van der Waals surface area contributed by atoms with E-state index in [0.29, 0.717) is 5.69 Å². The molecule has 0 radical (unpaired) electrons.